The van der Waals surface area contributed by atoms with Gasteiger partial charge in [-0.15, -0.1) is 0 Å². The Labute approximate surface area is 283 Å². The molecule has 0 aliphatic rings. The first kappa shape index (κ1) is 40.4. The van der Waals surface area contributed by atoms with Gasteiger partial charge in [-0.1, -0.05) is 78.1 Å². The molecule has 2 rings (SSSR count). The molecule has 0 heterocycles. The molecular formula is C37H59BrN2O5. The zero-order chi connectivity index (χ0) is 32.0. The van der Waals surface area contributed by atoms with Gasteiger partial charge in [0.05, 0.1) is 38.9 Å². The number of hydrogen-bond donors (Lipinski definition) is 1. The summed E-state index contributed by atoms with van der Waals surface area (Å²) in [4.78, 5) is 25.8. The van der Waals surface area contributed by atoms with Gasteiger partial charge in [0.2, 0.25) is 0 Å². The highest BCUT2D eigenvalue weighted by atomic mass is 79.9. The van der Waals surface area contributed by atoms with E-state index in [1.807, 2.05) is 6.07 Å². The lowest BCUT2D eigenvalue weighted by Crippen LogP contribution is -3.00. The van der Waals surface area contributed by atoms with Crippen molar-refractivity contribution in [1.82, 2.24) is 0 Å². The number of likely N-dealkylation sites (N-methyl/N-ethyl adjacent to an activating group) is 1. The van der Waals surface area contributed by atoms with E-state index in [4.69, 9.17) is 14.2 Å². The van der Waals surface area contributed by atoms with Crippen LogP contribution < -0.4 is 31.8 Å². The van der Waals surface area contributed by atoms with Gasteiger partial charge in [-0.25, -0.2) is 4.79 Å². The molecule has 0 aliphatic heterocycles. The monoisotopic (exact) mass is 690 g/mol. The Morgan fingerprint density at radius 2 is 1.13 bits per heavy atom. The van der Waals surface area contributed by atoms with Gasteiger partial charge in [-0.05, 0) is 63.1 Å². The molecule has 0 aromatic heterocycles. The Balaban J connectivity index is 0.0000101. The maximum atomic E-state index is 13.3. The van der Waals surface area contributed by atoms with Gasteiger partial charge in [-0.2, -0.15) is 0 Å². The minimum atomic E-state index is -0.357. The molecule has 0 saturated heterocycles. The lowest BCUT2D eigenvalue weighted by atomic mass is 10.1. The summed E-state index contributed by atoms with van der Waals surface area (Å²) in [7, 11) is 2.16. The highest BCUT2D eigenvalue weighted by Crippen LogP contribution is 2.25. The second kappa shape index (κ2) is 23.7. The summed E-state index contributed by atoms with van der Waals surface area (Å²) in [5.41, 5.74) is 1.53. The third-order valence-electron chi connectivity index (χ3n) is 8.45. The Hall–Kier alpha value is -2.58. The summed E-state index contributed by atoms with van der Waals surface area (Å²) in [6.07, 6.45) is 14.3. The summed E-state index contributed by atoms with van der Waals surface area (Å²) < 4.78 is 18.5. The molecule has 1 N–H and O–H groups in total. The van der Waals surface area contributed by atoms with Crippen molar-refractivity contribution in [1.29, 1.82) is 0 Å². The number of halogens is 1. The fraction of sp³-hybridized carbons (Fsp3) is 0.622. The predicted molar refractivity (Wildman–Crippen MR) is 181 cm³/mol. The largest absolute Gasteiger partial charge is 1.00 e. The Morgan fingerprint density at radius 1 is 0.644 bits per heavy atom. The molecule has 0 spiro atoms. The van der Waals surface area contributed by atoms with Crippen molar-refractivity contribution in [3.8, 4) is 11.5 Å². The minimum Gasteiger partial charge on any atom is -1.00 e. The van der Waals surface area contributed by atoms with E-state index in [-0.39, 0.29) is 28.9 Å². The summed E-state index contributed by atoms with van der Waals surface area (Å²) >= 11 is 0. The molecule has 0 atom stereocenters. The molecule has 0 aliphatic carbocycles. The number of nitrogens with one attached hydrogen (secondary N) is 1. The van der Waals surface area contributed by atoms with Crippen molar-refractivity contribution in [2.45, 2.75) is 105 Å². The van der Waals surface area contributed by atoms with Gasteiger partial charge in [0.15, 0.2) is 0 Å². The minimum absolute atomic E-state index is 0. The summed E-state index contributed by atoms with van der Waals surface area (Å²) in [5, 5.41) is 2.94. The molecule has 254 valence electrons. The number of nitrogens with zero attached hydrogens (tertiary/aromatic N) is 1. The van der Waals surface area contributed by atoms with Crippen LogP contribution in [0.5, 0.6) is 11.5 Å². The van der Waals surface area contributed by atoms with Crippen molar-refractivity contribution in [2.75, 3.05) is 51.8 Å². The number of hydrogen-bond acceptors (Lipinski definition) is 5. The van der Waals surface area contributed by atoms with Crippen LogP contribution in [0.3, 0.4) is 0 Å². The number of benzene rings is 2. The Bertz CT molecular complexity index is 1050. The SMILES string of the molecule is CCCCCCCCOc1cc(OCCCCCCCC)cc(C(=O)Nc2ccc(C(=O)OCC[N+](C)(CC)CC)cc2)c1.[Br-]. The highest BCUT2D eigenvalue weighted by molar-refractivity contribution is 6.05. The van der Waals surface area contributed by atoms with Crippen molar-refractivity contribution in [3.05, 3.63) is 53.6 Å². The van der Waals surface area contributed by atoms with Crippen LogP contribution in [0.1, 0.15) is 125 Å². The fourth-order valence-corrected chi connectivity index (χ4v) is 4.89. The number of quaternary nitrogens is 1. The number of rotatable bonds is 24. The normalized spacial score (nSPS) is 11.0. The number of carbonyl (C=O) groups is 2. The number of amides is 1. The van der Waals surface area contributed by atoms with E-state index in [0.717, 1.165) is 49.8 Å². The van der Waals surface area contributed by atoms with Gasteiger partial charge in [-0.3, -0.25) is 4.79 Å². The summed E-state index contributed by atoms with van der Waals surface area (Å²) in [6, 6.07) is 12.2. The Kier molecular flexibility index (Phi) is 21.3. The van der Waals surface area contributed by atoms with Crippen molar-refractivity contribution >= 4 is 17.6 Å². The van der Waals surface area contributed by atoms with Gasteiger partial charge in [0.1, 0.15) is 24.7 Å². The first-order valence-corrected chi connectivity index (χ1v) is 17.2. The highest BCUT2D eigenvalue weighted by Gasteiger charge is 2.18. The van der Waals surface area contributed by atoms with E-state index in [0.29, 0.717) is 48.1 Å². The number of unbranched alkanes of at least 4 members (excludes halogenated alkanes) is 10. The molecule has 7 nitrogen and oxygen atoms in total. The molecule has 0 bridgehead atoms. The zero-order valence-electron chi connectivity index (χ0n) is 28.6. The number of carbonyl (C=O) groups excluding carboxylic acids is 2. The molecule has 0 unspecified atom stereocenters. The molecule has 1 amide bonds. The van der Waals surface area contributed by atoms with E-state index >= 15 is 0 Å². The lowest BCUT2D eigenvalue weighted by molar-refractivity contribution is -0.906. The molecule has 0 fully saturated rings. The maximum absolute atomic E-state index is 13.3. The number of ether oxygens (including phenoxy) is 3. The third-order valence-corrected chi connectivity index (χ3v) is 8.45. The molecule has 0 saturated carbocycles. The summed E-state index contributed by atoms with van der Waals surface area (Å²) in [5.74, 6) is 0.668. The van der Waals surface area contributed by atoms with Crippen LogP contribution >= 0.6 is 0 Å². The van der Waals surface area contributed by atoms with E-state index in [1.54, 1.807) is 36.4 Å². The average molecular weight is 692 g/mol. The van der Waals surface area contributed by atoms with Crippen LogP contribution in [0.2, 0.25) is 0 Å². The molecule has 2 aromatic rings. The third kappa shape index (κ3) is 16.5. The van der Waals surface area contributed by atoms with Gasteiger partial charge >= 0.3 is 5.97 Å². The van der Waals surface area contributed by atoms with Crippen molar-refractivity contribution in [3.63, 3.8) is 0 Å². The smallest absolute Gasteiger partial charge is 0.338 e. The number of anilines is 1. The van der Waals surface area contributed by atoms with Crippen molar-refractivity contribution in [2.24, 2.45) is 0 Å². The zero-order valence-corrected chi connectivity index (χ0v) is 30.2. The fourth-order valence-electron chi connectivity index (χ4n) is 4.89. The van der Waals surface area contributed by atoms with Crippen LogP contribution in [-0.2, 0) is 4.74 Å². The van der Waals surface area contributed by atoms with E-state index in [9.17, 15) is 9.59 Å². The maximum Gasteiger partial charge on any atom is 0.338 e. The van der Waals surface area contributed by atoms with Gasteiger partial charge in [0, 0.05) is 17.3 Å². The average Bonchev–Trinajstić information content (AvgIpc) is 3.04. The molecule has 8 heteroatoms. The van der Waals surface area contributed by atoms with Crippen molar-refractivity contribution < 1.29 is 45.3 Å². The second-order valence-electron chi connectivity index (χ2n) is 12.1. The van der Waals surface area contributed by atoms with Gasteiger partial charge < -0.3 is 41.0 Å². The standard InChI is InChI=1S/C37H58N2O5.BrH/c1-6-10-12-14-16-18-25-42-34-28-32(29-35(30-34)43-26-19-17-15-13-11-7-2)36(40)38-33-22-20-31(21-23-33)37(41)44-27-24-39(5,8-3)9-4;/h20-23,28-30H,6-19,24-27H2,1-5H3;1H. The second-order valence-corrected chi connectivity index (χ2v) is 12.1. The van der Waals surface area contributed by atoms with E-state index < -0.39 is 0 Å². The van der Waals surface area contributed by atoms with Crippen LogP contribution in [0.15, 0.2) is 42.5 Å². The lowest BCUT2D eigenvalue weighted by Gasteiger charge is -2.31. The van der Waals surface area contributed by atoms with E-state index in [2.05, 4.69) is 40.1 Å². The topological polar surface area (TPSA) is 73.9 Å². The predicted octanol–water partition coefficient (Wildman–Crippen LogP) is 6.06. The van der Waals surface area contributed by atoms with Gasteiger partial charge in [0.25, 0.3) is 5.91 Å². The summed E-state index contributed by atoms with van der Waals surface area (Å²) in [6.45, 7) is 13.1. The Morgan fingerprint density at radius 3 is 1.62 bits per heavy atom. The van der Waals surface area contributed by atoms with Crippen LogP contribution in [-0.4, -0.2) is 62.9 Å². The number of esters is 1. The molecule has 0 radical (unpaired) electrons. The first-order valence-electron chi connectivity index (χ1n) is 17.2. The quantitative estimate of drug-likeness (QED) is 0.0823. The van der Waals surface area contributed by atoms with E-state index in [1.165, 1.54) is 51.4 Å². The molecule has 2 aromatic carbocycles. The molecule has 45 heavy (non-hydrogen) atoms. The van der Waals surface area contributed by atoms with Crippen LogP contribution in [0.25, 0.3) is 0 Å². The van der Waals surface area contributed by atoms with Crippen LogP contribution in [0.4, 0.5) is 5.69 Å². The van der Waals surface area contributed by atoms with Crippen LogP contribution in [0, 0.1) is 0 Å². The molecular weight excluding hydrogens is 632 g/mol. The first-order chi connectivity index (χ1) is 21.3.